The second kappa shape index (κ2) is 6.05. The van der Waals surface area contributed by atoms with E-state index in [4.69, 9.17) is 5.11 Å². The summed E-state index contributed by atoms with van der Waals surface area (Å²) in [5.74, 6) is -1.37. The number of pyridine rings is 1. The van der Waals surface area contributed by atoms with Crippen molar-refractivity contribution < 1.29 is 14.7 Å². The molecule has 0 aliphatic rings. The molecule has 0 aromatic carbocycles. The molecule has 0 radical (unpaired) electrons. The van der Waals surface area contributed by atoms with Gasteiger partial charge in [0.15, 0.2) is 0 Å². The van der Waals surface area contributed by atoms with Gasteiger partial charge in [0, 0.05) is 23.0 Å². The van der Waals surface area contributed by atoms with Crippen LogP contribution in [0.1, 0.15) is 39.6 Å². The Morgan fingerprint density at radius 1 is 1.33 bits per heavy atom. The molecule has 0 atom stereocenters. The largest absolute Gasteiger partial charge is 0.478 e. The number of aromatic nitrogens is 1. The second-order valence-electron chi connectivity index (χ2n) is 5.28. The van der Waals surface area contributed by atoms with E-state index in [0.717, 1.165) is 0 Å². The molecule has 0 aliphatic carbocycles. The van der Waals surface area contributed by atoms with E-state index in [2.05, 4.69) is 24.1 Å². The molecule has 110 valence electrons. The van der Waals surface area contributed by atoms with E-state index in [1.807, 2.05) is 17.5 Å². The quantitative estimate of drug-likeness (QED) is 0.889. The monoisotopic (exact) mass is 304 g/mol. The van der Waals surface area contributed by atoms with Crippen LogP contribution in [-0.4, -0.2) is 28.5 Å². The van der Waals surface area contributed by atoms with Crippen molar-refractivity contribution in [2.24, 2.45) is 0 Å². The first-order valence-electron chi connectivity index (χ1n) is 6.42. The minimum atomic E-state index is -1.06. The van der Waals surface area contributed by atoms with Gasteiger partial charge in [-0.2, -0.15) is 0 Å². The summed E-state index contributed by atoms with van der Waals surface area (Å²) >= 11 is 1.65. The number of carboxylic acid groups (broad SMARTS) is 1. The highest BCUT2D eigenvalue weighted by molar-refractivity contribution is 7.10. The molecule has 21 heavy (non-hydrogen) atoms. The molecule has 5 nitrogen and oxygen atoms in total. The Bertz CT molecular complexity index is 633. The maximum Gasteiger partial charge on any atom is 0.337 e. The van der Waals surface area contributed by atoms with Crippen LogP contribution in [0.2, 0.25) is 0 Å². The number of carboxylic acids is 1. The van der Waals surface area contributed by atoms with Gasteiger partial charge in [-0.1, -0.05) is 19.9 Å². The maximum absolute atomic E-state index is 12.0. The van der Waals surface area contributed by atoms with Gasteiger partial charge < -0.3 is 10.4 Å². The van der Waals surface area contributed by atoms with E-state index in [9.17, 15) is 9.59 Å². The predicted molar refractivity (Wildman–Crippen MR) is 80.9 cm³/mol. The number of hydrogen-bond acceptors (Lipinski definition) is 4. The minimum absolute atomic E-state index is 0.0606. The van der Waals surface area contributed by atoms with E-state index in [0.29, 0.717) is 6.54 Å². The number of nitrogens with one attached hydrogen (secondary N) is 1. The lowest BCUT2D eigenvalue weighted by atomic mass is 9.91. The van der Waals surface area contributed by atoms with Crippen LogP contribution in [0.25, 0.3) is 0 Å². The van der Waals surface area contributed by atoms with Crippen LogP contribution in [0, 0.1) is 0 Å². The molecule has 0 spiro atoms. The average molecular weight is 304 g/mol. The zero-order valence-electron chi connectivity index (χ0n) is 11.8. The molecular formula is C15H16N2O3S. The fourth-order valence-electron chi connectivity index (χ4n) is 1.80. The molecule has 0 unspecified atom stereocenters. The third kappa shape index (κ3) is 3.66. The summed E-state index contributed by atoms with van der Waals surface area (Å²) < 4.78 is 0. The van der Waals surface area contributed by atoms with Gasteiger partial charge in [0.2, 0.25) is 0 Å². The van der Waals surface area contributed by atoms with Gasteiger partial charge in [-0.15, -0.1) is 11.3 Å². The third-order valence-electron chi connectivity index (χ3n) is 3.12. The lowest BCUT2D eigenvalue weighted by Gasteiger charge is -2.23. The van der Waals surface area contributed by atoms with Crippen molar-refractivity contribution in [2.45, 2.75) is 19.3 Å². The normalized spacial score (nSPS) is 11.1. The van der Waals surface area contributed by atoms with Gasteiger partial charge in [0.05, 0.1) is 5.56 Å². The van der Waals surface area contributed by atoms with Crippen LogP contribution < -0.4 is 5.32 Å². The van der Waals surface area contributed by atoms with Crippen molar-refractivity contribution >= 4 is 23.2 Å². The van der Waals surface area contributed by atoms with E-state index >= 15 is 0 Å². The molecule has 0 bridgehead atoms. The van der Waals surface area contributed by atoms with Gasteiger partial charge in [-0.3, -0.25) is 9.78 Å². The summed E-state index contributed by atoms with van der Waals surface area (Å²) in [6.45, 7) is 4.59. The van der Waals surface area contributed by atoms with Gasteiger partial charge in [-0.25, -0.2) is 4.79 Å². The van der Waals surface area contributed by atoms with Crippen LogP contribution >= 0.6 is 11.3 Å². The molecule has 1 amide bonds. The van der Waals surface area contributed by atoms with Crippen molar-refractivity contribution in [1.29, 1.82) is 0 Å². The van der Waals surface area contributed by atoms with Crippen molar-refractivity contribution in [3.05, 3.63) is 52.0 Å². The summed E-state index contributed by atoms with van der Waals surface area (Å²) in [5, 5.41) is 13.6. The van der Waals surface area contributed by atoms with Gasteiger partial charge >= 0.3 is 5.97 Å². The Balaban J connectivity index is 2.00. The van der Waals surface area contributed by atoms with Gasteiger partial charge in [-0.05, 0) is 23.6 Å². The SMILES string of the molecule is CC(C)(CNC(=O)c1ccc(C(=O)O)cn1)c1cccs1. The minimum Gasteiger partial charge on any atom is -0.478 e. The first-order chi connectivity index (χ1) is 9.90. The highest BCUT2D eigenvalue weighted by Crippen LogP contribution is 2.26. The van der Waals surface area contributed by atoms with Crippen LogP contribution in [0.15, 0.2) is 35.8 Å². The van der Waals surface area contributed by atoms with Crippen LogP contribution in [0.4, 0.5) is 0 Å². The molecule has 2 rings (SSSR count). The second-order valence-corrected chi connectivity index (χ2v) is 6.23. The predicted octanol–water partition coefficient (Wildman–Crippen LogP) is 2.55. The molecule has 6 heteroatoms. The first kappa shape index (κ1) is 15.2. The standard InChI is InChI=1S/C15H16N2O3S/c1-15(2,12-4-3-7-21-12)9-17-13(18)11-6-5-10(8-16-11)14(19)20/h3-8H,9H2,1-2H3,(H,17,18)(H,19,20). The topological polar surface area (TPSA) is 79.3 Å². The number of carbonyl (C=O) groups excluding carboxylic acids is 1. The molecule has 2 aromatic heterocycles. The summed E-state index contributed by atoms with van der Waals surface area (Å²) in [6, 6.07) is 6.80. The van der Waals surface area contributed by atoms with E-state index < -0.39 is 5.97 Å². The maximum atomic E-state index is 12.0. The number of amides is 1. The zero-order valence-corrected chi connectivity index (χ0v) is 12.6. The Hall–Kier alpha value is -2.21. The zero-order chi connectivity index (χ0) is 15.5. The summed E-state index contributed by atoms with van der Waals surface area (Å²) in [5.41, 5.74) is 0.109. The fraction of sp³-hybridized carbons (Fsp3) is 0.267. The third-order valence-corrected chi connectivity index (χ3v) is 4.36. The molecule has 2 N–H and O–H groups in total. The van der Waals surface area contributed by atoms with E-state index in [1.165, 1.54) is 23.2 Å². The van der Waals surface area contributed by atoms with E-state index in [-0.39, 0.29) is 22.6 Å². The summed E-state index contributed by atoms with van der Waals surface area (Å²) in [7, 11) is 0. The summed E-state index contributed by atoms with van der Waals surface area (Å²) in [6.07, 6.45) is 1.18. The highest BCUT2D eigenvalue weighted by atomic mass is 32.1. The van der Waals surface area contributed by atoms with Crippen molar-refractivity contribution in [2.75, 3.05) is 6.54 Å². The number of carbonyl (C=O) groups is 2. The molecule has 0 saturated heterocycles. The van der Waals surface area contributed by atoms with Gasteiger partial charge in [0.25, 0.3) is 5.91 Å². The van der Waals surface area contributed by atoms with Crippen molar-refractivity contribution in [3.8, 4) is 0 Å². The number of rotatable bonds is 5. The molecular weight excluding hydrogens is 288 g/mol. The molecule has 2 aromatic rings. The molecule has 0 saturated carbocycles. The fourth-order valence-corrected chi connectivity index (χ4v) is 2.65. The lowest BCUT2D eigenvalue weighted by Crippen LogP contribution is -2.36. The number of hydrogen-bond donors (Lipinski definition) is 2. The number of nitrogens with zero attached hydrogens (tertiary/aromatic N) is 1. The smallest absolute Gasteiger partial charge is 0.337 e. The lowest BCUT2D eigenvalue weighted by molar-refractivity contribution is 0.0695. The highest BCUT2D eigenvalue weighted by Gasteiger charge is 2.23. The molecule has 2 heterocycles. The molecule has 0 fully saturated rings. The van der Waals surface area contributed by atoms with Crippen LogP contribution in [0.3, 0.4) is 0 Å². The Kier molecular flexibility index (Phi) is 4.37. The summed E-state index contributed by atoms with van der Waals surface area (Å²) in [4.78, 5) is 27.8. The van der Waals surface area contributed by atoms with Crippen molar-refractivity contribution in [1.82, 2.24) is 10.3 Å². The van der Waals surface area contributed by atoms with Crippen LogP contribution in [-0.2, 0) is 5.41 Å². The average Bonchev–Trinajstić information content (AvgIpc) is 3.00. The van der Waals surface area contributed by atoms with Crippen LogP contribution in [0.5, 0.6) is 0 Å². The van der Waals surface area contributed by atoms with E-state index in [1.54, 1.807) is 11.3 Å². The number of thiophene rings is 1. The molecule has 0 aliphatic heterocycles. The Morgan fingerprint density at radius 2 is 2.10 bits per heavy atom. The Labute approximate surface area is 126 Å². The van der Waals surface area contributed by atoms with Gasteiger partial charge in [0.1, 0.15) is 5.69 Å². The number of aromatic carboxylic acids is 1. The van der Waals surface area contributed by atoms with Crippen molar-refractivity contribution in [3.63, 3.8) is 0 Å². The first-order valence-corrected chi connectivity index (χ1v) is 7.29. The Morgan fingerprint density at radius 3 is 2.62 bits per heavy atom.